The number of benzene rings is 13. The first-order valence-electron chi connectivity index (χ1n) is 41.6. The Hall–Kier alpha value is -13.0. The van der Waals surface area contributed by atoms with Gasteiger partial charge in [0.05, 0.1) is 34.8 Å². The number of rotatable bonds is 9. The molecule has 24 heteroatoms. The van der Waals surface area contributed by atoms with E-state index < -0.39 is 35.3 Å². The van der Waals surface area contributed by atoms with Crippen LogP contribution in [0, 0.1) is 61.2 Å². The van der Waals surface area contributed by atoms with Crippen LogP contribution in [0.4, 0.5) is 25.8 Å². The summed E-state index contributed by atoms with van der Waals surface area (Å²) in [6, 6.07) is 119. The third-order valence-corrected chi connectivity index (χ3v) is 20.1. The van der Waals surface area contributed by atoms with Crippen molar-refractivity contribution in [2.24, 2.45) is 5.41 Å². The first-order valence-corrected chi connectivity index (χ1v) is 41.6. The number of aliphatic hydroxyl groups excluding tert-OH is 5. The van der Waals surface area contributed by atoms with Gasteiger partial charge in [0.15, 0.2) is 0 Å². The Morgan fingerprint density at radius 3 is 0.912 bits per heavy atom. The molecule has 17 nitrogen and oxygen atoms in total. The molecule has 1 aliphatic rings. The number of fused-ring (bicyclic) bond motifs is 8. The molecule has 0 saturated heterocycles. The summed E-state index contributed by atoms with van der Waals surface area (Å²) in [5.41, 5.74) is 18.7. The predicted octanol–water partition coefficient (Wildman–Crippen LogP) is 26.5. The Bertz CT molecular complexity index is 6730. The smallest absolute Gasteiger partial charge is 0.485 e. The van der Waals surface area contributed by atoms with Gasteiger partial charge < -0.3 is 84.1 Å². The number of aryl methyl sites for hydroxylation is 2. The Morgan fingerprint density at radius 2 is 0.610 bits per heavy atom. The molecular formula is C112H102F2Ir5N6O11. The van der Waals surface area contributed by atoms with Crippen molar-refractivity contribution in [3.63, 3.8) is 0 Å². The maximum absolute atomic E-state index is 13.3. The summed E-state index contributed by atoms with van der Waals surface area (Å²) in [4.78, 5) is 63.2. The quantitative estimate of drug-likeness (QED) is 0.0666. The summed E-state index contributed by atoms with van der Waals surface area (Å²) in [5, 5.41) is 49.9. The second-order valence-electron chi connectivity index (χ2n) is 31.4. The summed E-state index contributed by atoms with van der Waals surface area (Å²) >= 11 is 0. The number of carboxylic acid groups (broad SMARTS) is 5. The fourth-order valence-corrected chi connectivity index (χ4v) is 13.9. The van der Waals surface area contributed by atoms with E-state index in [1.165, 1.54) is 83.6 Å². The number of carboxylic acids is 5. The monoisotopic (exact) mass is 2710 g/mol. The van der Waals surface area contributed by atoms with E-state index in [2.05, 4.69) is 238 Å². The molecule has 0 saturated carbocycles. The van der Waals surface area contributed by atoms with Gasteiger partial charge in [-0.3, -0.25) is 8.78 Å². The van der Waals surface area contributed by atoms with Gasteiger partial charge in [-0.05, 0) is 174 Å². The van der Waals surface area contributed by atoms with Gasteiger partial charge in [0.1, 0.15) is 5.41 Å². The second-order valence-corrected chi connectivity index (χ2v) is 31.4. The molecule has 0 amide bonds. The van der Waals surface area contributed by atoms with Crippen LogP contribution in [0.15, 0.2) is 340 Å². The van der Waals surface area contributed by atoms with Crippen molar-refractivity contribution >= 4 is 101 Å². The number of methoxy groups -OCH3 is 1. The molecule has 10 N–H and O–H groups in total. The number of nitrogens with zero attached hydrogens (tertiary/aromatic N) is 6. The van der Waals surface area contributed by atoms with Crippen molar-refractivity contribution in [3.8, 4) is 73.2 Å². The van der Waals surface area contributed by atoms with Gasteiger partial charge in [0.25, 0.3) is 0 Å². The molecule has 0 fully saturated rings. The normalized spacial score (nSPS) is 10.5. The van der Waals surface area contributed by atoms with Crippen molar-refractivity contribution in [1.29, 1.82) is 0 Å². The molecule has 0 atom stereocenters. The number of para-hydroxylation sites is 2. The van der Waals surface area contributed by atoms with E-state index in [9.17, 15) is 8.78 Å². The molecule has 5 heterocycles. The fourth-order valence-electron chi connectivity index (χ4n) is 13.9. The van der Waals surface area contributed by atoms with Gasteiger partial charge in [-0.25, -0.2) is 0 Å². The van der Waals surface area contributed by atoms with Crippen molar-refractivity contribution in [2.75, 3.05) is 12.0 Å². The zero-order chi connectivity index (χ0) is 94.3. The third kappa shape index (κ3) is 31.8. The van der Waals surface area contributed by atoms with E-state index in [4.69, 9.17) is 54.2 Å². The van der Waals surface area contributed by atoms with Gasteiger partial charge in [-0.2, -0.15) is 0 Å². The number of pyridine rings is 5. The number of hydrogen-bond acceptors (Lipinski definition) is 7. The molecular weight excluding hydrogens is 2600 g/mol. The Kier molecular flexibility index (Phi) is 46.0. The van der Waals surface area contributed by atoms with Crippen LogP contribution in [0.3, 0.4) is 0 Å². The minimum Gasteiger partial charge on any atom is -0.540 e. The van der Waals surface area contributed by atoms with E-state index in [0.29, 0.717) is 11.1 Å². The summed E-state index contributed by atoms with van der Waals surface area (Å²) < 4.78 is 31.7. The number of hydrogen-bond donors (Lipinski definition) is 5. The number of anilines is 3. The molecule has 5 aromatic heterocycles. The zero-order valence-electron chi connectivity index (χ0n) is 76.3. The fraction of sp³-hybridized carbons (Fsp3) is 0.125. The van der Waals surface area contributed by atoms with Crippen LogP contribution in [0.1, 0.15) is 84.6 Å². The third-order valence-electron chi connectivity index (χ3n) is 20.1. The van der Waals surface area contributed by atoms with Crippen LogP contribution in [-0.2, 0) is 106 Å². The van der Waals surface area contributed by atoms with Crippen molar-refractivity contribution in [2.45, 2.75) is 81.6 Å². The van der Waals surface area contributed by atoms with E-state index >= 15 is 0 Å². The number of aliphatic carboxylic acids is 5. The molecule has 13 aromatic carbocycles. The van der Waals surface area contributed by atoms with Crippen LogP contribution in [0.5, 0.6) is 5.75 Å². The molecule has 0 spiro atoms. The SMILES string of the molecule is CC(C)(C)C(O)=[OH+].CC(O)=[OH+].CC(O)=[OH+].CC(O)=[OH+].CC(O)=[OH+].CC1(C)c2ccccc2-c2c[c-]c(-c3nccc4ccccc34)cc21.COc1c[c-]c(-c2nccc3ccccc23)cc1.Cc1cc(-c2nccc3ccccc23)[c-]cc1F.Cc1cc(-c2nccc3ccccc23)[c-]cc1F.[Ir].[Ir].[Ir].[Ir].[Ir].[c-]1cc(N(c2ccccc2)c2ccccc2)ccc1-c1nccc2ccccc12. The van der Waals surface area contributed by atoms with Crippen LogP contribution in [0.25, 0.3) is 121 Å². The van der Waals surface area contributed by atoms with E-state index in [0.717, 1.165) is 111 Å². The van der Waals surface area contributed by atoms with Crippen LogP contribution < -0.4 is 9.64 Å². The molecule has 19 rings (SSSR count). The van der Waals surface area contributed by atoms with Gasteiger partial charge in [0, 0.05) is 160 Å². The number of ether oxygens (including phenoxy) is 1. The zero-order valence-corrected chi connectivity index (χ0v) is 88.3. The van der Waals surface area contributed by atoms with Crippen LogP contribution >= 0.6 is 0 Å². The van der Waals surface area contributed by atoms with E-state index in [1.807, 2.05) is 140 Å². The van der Waals surface area contributed by atoms with E-state index in [1.54, 1.807) is 66.3 Å². The standard InChI is InChI=1S/C27H19N2.C24H18N.2C16H11FN.C16H12NO.C5H10O2.4C2H4O2.5Ir/c1-3-10-23(11-4-1)29(24-12-5-2-6-13-24)25-17-15-22(16-18-25)27-26-14-8-7-9-21(26)19-20-28-27;1-24(2)21-10-6-5-9-19(21)20-12-11-17(15-22(20)24)23-18-8-4-3-7-16(18)13-14-25-23;2*1-11-10-13(6-7-15(11)17)16-14-5-3-2-4-12(14)8-9-18-16;1-18-14-8-6-13(7-9-14)16-15-5-3-2-4-12(15)10-11-17-16;1-5(2,3)4(6)7;4*1-2(3)4;;;;;/h1-15,17-20H;3-10,12-15H,1-2H3;2*2-5,7-10H,1H3;2-6,8-11H,1H3;1-3H3,(H,6,7);4*1H3,(H,3,4);;;;;/q5*-1;;;;;;;;;;/p+5. The molecule has 0 aliphatic heterocycles. The minimum atomic E-state index is -0.583. The van der Waals surface area contributed by atoms with Crippen molar-refractivity contribution in [1.82, 2.24) is 24.9 Å². The Labute approximate surface area is 858 Å². The Morgan fingerprint density at radius 1 is 0.331 bits per heavy atom. The molecule has 136 heavy (non-hydrogen) atoms. The molecule has 705 valence electrons. The molecule has 18 aromatic rings. The average molecular weight is 2710 g/mol. The molecule has 1 aliphatic carbocycles. The summed E-state index contributed by atoms with van der Waals surface area (Å²) in [7, 11) is 1.65. The van der Waals surface area contributed by atoms with Crippen LogP contribution in [-0.4, -0.2) is 111 Å². The molecule has 0 bridgehead atoms. The van der Waals surface area contributed by atoms with Gasteiger partial charge in [0.2, 0.25) is 0 Å². The van der Waals surface area contributed by atoms with Gasteiger partial charge in [-0.15, -0.1) is 137 Å². The van der Waals surface area contributed by atoms with Crippen LogP contribution in [0.2, 0.25) is 0 Å². The van der Waals surface area contributed by atoms with Crippen molar-refractivity contribution in [3.05, 3.63) is 405 Å². The Balaban J connectivity index is 0.000000284. The summed E-state index contributed by atoms with van der Waals surface area (Å²) in [6.07, 6.45) is 9.11. The molecule has 5 radical (unpaired) electrons. The second kappa shape index (κ2) is 55.1. The molecule has 0 unspecified atom stereocenters. The number of aromatic nitrogens is 5. The maximum Gasteiger partial charge on any atom is 0.485 e. The average Bonchev–Trinajstić information content (AvgIpc) is 1.58. The first kappa shape index (κ1) is 113. The topological polar surface area (TPSA) is 285 Å². The van der Waals surface area contributed by atoms with E-state index in [-0.39, 0.29) is 118 Å². The summed E-state index contributed by atoms with van der Waals surface area (Å²) in [5.74, 6) is -2.51. The van der Waals surface area contributed by atoms with Gasteiger partial charge in [-0.1, -0.05) is 232 Å². The van der Waals surface area contributed by atoms with Crippen molar-refractivity contribution < 1.29 is 164 Å². The summed E-state index contributed by atoms with van der Waals surface area (Å²) in [6.45, 7) is 18.1. The minimum absolute atomic E-state index is 0. The largest absolute Gasteiger partial charge is 0.540 e. The predicted molar refractivity (Wildman–Crippen MR) is 528 cm³/mol. The number of halogens is 2. The first-order chi connectivity index (χ1) is 62.8. The maximum atomic E-state index is 13.3. The van der Waals surface area contributed by atoms with Gasteiger partial charge >= 0.3 is 29.8 Å².